The first kappa shape index (κ1) is 23.4. The van der Waals surface area contributed by atoms with Crippen molar-refractivity contribution in [1.82, 2.24) is 10.6 Å². The SMILES string of the molecule is CCNC(=NCc1ccc(N2CCCC2=O)cc1)NC1CC1c1c(F)cccc1F.I. The summed E-state index contributed by atoms with van der Waals surface area (Å²) in [6.45, 7) is 3.90. The fourth-order valence-corrected chi connectivity index (χ4v) is 3.91. The Bertz CT molecular complexity index is 931. The number of rotatable bonds is 6. The quantitative estimate of drug-likeness (QED) is 0.326. The third-order valence-electron chi connectivity index (χ3n) is 5.57. The van der Waals surface area contributed by atoms with Crippen molar-refractivity contribution in [2.24, 2.45) is 4.99 Å². The van der Waals surface area contributed by atoms with Gasteiger partial charge in [-0.05, 0) is 49.6 Å². The largest absolute Gasteiger partial charge is 0.357 e. The van der Waals surface area contributed by atoms with E-state index in [1.54, 1.807) is 0 Å². The Balaban J connectivity index is 0.00000272. The molecule has 0 radical (unpaired) electrons. The van der Waals surface area contributed by atoms with Crippen LogP contribution in [0, 0.1) is 11.6 Å². The van der Waals surface area contributed by atoms with E-state index in [9.17, 15) is 13.6 Å². The molecule has 0 spiro atoms. The zero-order valence-electron chi connectivity index (χ0n) is 17.4. The third kappa shape index (κ3) is 5.53. The van der Waals surface area contributed by atoms with Crippen LogP contribution in [-0.4, -0.2) is 31.0 Å². The molecule has 2 unspecified atom stereocenters. The molecule has 1 saturated carbocycles. The van der Waals surface area contributed by atoms with Crippen LogP contribution in [0.1, 0.15) is 43.2 Å². The molecule has 31 heavy (non-hydrogen) atoms. The van der Waals surface area contributed by atoms with Gasteiger partial charge in [0.25, 0.3) is 0 Å². The van der Waals surface area contributed by atoms with E-state index in [1.165, 1.54) is 18.2 Å². The lowest BCUT2D eigenvalue weighted by atomic mass is 10.1. The van der Waals surface area contributed by atoms with Crippen LogP contribution >= 0.6 is 24.0 Å². The smallest absolute Gasteiger partial charge is 0.227 e. The molecule has 2 atom stereocenters. The van der Waals surface area contributed by atoms with Crippen molar-refractivity contribution >= 4 is 41.5 Å². The summed E-state index contributed by atoms with van der Waals surface area (Å²) in [6, 6.07) is 11.8. The molecule has 1 heterocycles. The van der Waals surface area contributed by atoms with E-state index in [-0.39, 0.29) is 47.4 Å². The highest BCUT2D eigenvalue weighted by Crippen LogP contribution is 2.43. The Morgan fingerprint density at radius 3 is 2.48 bits per heavy atom. The second kappa shape index (κ2) is 10.4. The van der Waals surface area contributed by atoms with Crippen LogP contribution in [0.2, 0.25) is 0 Å². The minimum absolute atomic E-state index is 0. The molecule has 0 bridgehead atoms. The van der Waals surface area contributed by atoms with Crippen molar-refractivity contribution in [3.63, 3.8) is 0 Å². The lowest BCUT2D eigenvalue weighted by Crippen LogP contribution is -2.39. The molecular weight excluding hydrogens is 513 g/mol. The Morgan fingerprint density at radius 2 is 1.87 bits per heavy atom. The van der Waals surface area contributed by atoms with Gasteiger partial charge in [-0.3, -0.25) is 4.79 Å². The number of carbonyl (C=O) groups excluding carboxylic acids is 1. The summed E-state index contributed by atoms with van der Waals surface area (Å²) in [4.78, 5) is 18.3. The van der Waals surface area contributed by atoms with E-state index in [0.717, 1.165) is 24.2 Å². The fourth-order valence-electron chi connectivity index (χ4n) is 3.91. The van der Waals surface area contributed by atoms with Gasteiger partial charge in [0.1, 0.15) is 11.6 Å². The fraction of sp³-hybridized carbons (Fsp3) is 0.391. The maximum atomic E-state index is 14.0. The molecule has 4 rings (SSSR count). The van der Waals surface area contributed by atoms with E-state index in [0.29, 0.717) is 31.9 Å². The van der Waals surface area contributed by atoms with E-state index in [1.807, 2.05) is 36.1 Å². The number of nitrogens with one attached hydrogen (secondary N) is 2. The summed E-state index contributed by atoms with van der Waals surface area (Å²) < 4.78 is 28.0. The highest BCUT2D eigenvalue weighted by molar-refractivity contribution is 14.0. The van der Waals surface area contributed by atoms with E-state index in [2.05, 4.69) is 15.6 Å². The summed E-state index contributed by atoms with van der Waals surface area (Å²) in [5.74, 6) is -0.386. The van der Waals surface area contributed by atoms with Crippen LogP contribution in [-0.2, 0) is 11.3 Å². The predicted octanol–water partition coefficient (Wildman–Crippen LogP) is 4.32. The number of hydrogen-bond donors (Lipinski definition) is 2. The van der Waals surface area contributed by atoms with E-state index in [4.69, 9.17) is 0 Å². The number of aliphatic imine (C=N–C) groups is 1. The van der Waals surface area contributed by atoms with Crippen LogP contribution in [0.3, 0.4) is 0 Å². The lowest BCUT2D eigenvalue weighted by molar-refractivity contribution is -0.117. The van der Waals surface area contributed by atoms with Gasteiger partial charge in [-0.2, -0.15) is 0 Å². The minimum atomic E-state index is -0.497. The molecule has 5 nitrogen and oxygen atoms in total. The molecule has 1 amide bonds. The summed E-state index contributed by atoms with van der Waals surface area (Å²) in [7, 11) is 0. The third-order valence-corrected chi connectivity index (χ3v) is 5.57. The Morgan fingerprint density at radius 1 is 1.16 bits per heavy atom. The number of nitrogens with zero attached hydrogens (tertiary/aromatic N) is 2. The maximum absolute atomic E-state index is 14.0. The standard InChI is InChI=1S/C23H26F2N4O.HI/c1-2-26-23(28-20-13-17(20)22-18(24)5-3-6-19(22)25)27-14-15-8-10-16(11-9-15)29-12-4-7-21(29)30;/h3,5-6,8-11,17,20H,2,4,7,12-14H2,1H3,(H2,26,27,28);1H. The van der Waals surface area contributed by atoms with Gasteiger partial charge >= 0.3 is 0 Å². The Kier molecular flexibility index (Phi) is 7.85. The maximum Gasteiger partial charge on any atom is 0.227 e. The summed E-state index contributed by atoms with van der Waals surface area (Å²) >= 11 is 0. The van der Waals surface area contributed by atoms with E-state index >= 15 is 0 Å². The first-order valence-corrected chi connectivity index (χ1v) is 10.4. The number of carbonyl (C=O) groups is 1. The molecule has 2 N–H and O–H groups in total. The highest BCUT2D eigenvalue weighted by Gasteiger charge is 2.42. The van der Waals surface area contributed by atoms with Gasteiger partial charge in [-0.25, -0.2) is 13.8 Å². The average Bonchev–Trinajstić information content (AvgIpc) is 3.34. The van der Waals surface area contributed by atoms with Crippen LogP contribution in [0.25, 0.3) is 0 Å². The molecule has 8 heteroatoms. The first-order chi connectivity index (χ1) is 14.6. The molecule has 2 fully saturated rings. The molecule has 1 aliphatic heterocycles. The summed E-state index contributed by atoms with van der Waals surface area (Å²) in [6.07, 6.45) is 2.19. The summed E-state index contributed by atoms with van der Waals surface area (Å²) in [5, 5.41) is 6.47. The molecule has 166 valence electrons. The van der Waals surface area contributed by atoms with Crippen molar-refractivity contribution in [1.29, 1.82) is 0 Å². The Hall–Kier alpha value is -2.23. The molecule has 2 aromatic rings. The average molecular weight is 540 g/mol. The molecule has 2 aliphatic rings. The van der Waals surface area contributed by atoms with Crippen molar-refractivity contribution < 1.29 is 13.6 Å². The van der Waals surface area contributed by atoms with Gasteiger partial charge < -0.3 is 15.5 Å². The van der Waals surface area contributed by atoms with Crippen molar-refractivity contribution in [2.45, 2.75) is 44.7 Å². The van der Waals surface area contributed by atoms with Gasteiger partial charge in [0, 0.05) is 42.7 Å². The Labute approximate surface area is 198 Å². The van der Waals surface area contributed by atoms with Crippen LogP contribution in [0.5, 0.6) is 0 Å². The number of halogens is 3. The van der Waals surface area contributed by atoms with E-state index < -0.39 is 11.6 Å². The van der Waals surface area contributed by atoms with Gasteiger partial charge in [0.05, 0.1) is 6.54 Å². The summed E-state index contributed by atoms with van der Waals surface area (Å²) in [5.41, 5.74) is 2.09. The zero-order chi connectivity index (χ0) is 21.1. The molecule has 1 aliphatic carbocycles. The van der Waals surface area contributed by atoms with Gasteiger partial charge in [0.2, 0.25) is 5.91 Å². The van der Waals surface area contributed by atoms with Crippen molar-refractivity contribution in [3.05, 3.63) is 65.2 Å². The zero-order valence-corrected chi connectivity index (χ0v) is 19.7. The normalized spacial score (nSPS) is 20.4. The molecule has 2 aromatic carbocycles. The number of hydrogen-bond acceptors (Lipinski definition) is 2. The monoisotopic (exact) mass is 540 g/mol. The number of guanidine groups is 1. The predicted molar refractivity (Wildman–Crippen MR) is 129 cm³/mol. The van der Waals surface area contributed by atoms with Crippen molar-refractivity contribution in [3.8, 4) is 0 Å². The van der Waals surface area contributed by atoms with Gasteiger partial charge in [-0.1, -0.05) is 18.2 Å². The second-order valence-electron chi connectivity index (χ2n) is 7.74. The second-order valence-corrected chi connectivity index (χ2v) is 7.74. The molecular formula is C23H27F2IN4O. The number of anilines is 1. The highest BCUT2D eigenvalue weighted by atomic mass is 127. The first-order valence-electron chi connectivity index (χ1n) is 10.4. The minimum Gasteiger partial charge on any atom is -0.357 e. The number of amides is 1. The van der Waals surface area contributed by atoms with Crippen molar-refractivity contribution in [2.75, 3.05) is 18.0 Å². The van der Waals surface area contributed by atoms with Crippen LogP contribution in [0.15, 0.2) is 47.5 Å². The van der Waals surface area contributed by atoms with Gasteiger partial charge in [-0.15, -0.1) is 24.0 Å². The van der Waals surface area contributed by atoms with Gasteiger partial charge in [0.15, 0.2) is 5.96 Å². The topological polar surface area (TPSA) is 56.7 Å². The van der Waals surface area contributed by atoms with Crippen LogP contribution in [0.4, 0.5) is 14.5 Å². The number of benzene rings is 2. The molecule has 0 aromatic heterocycles. The lowest BCUT2D eigenvalue weighted by Gasteiger charge is -2.16. The molecule has 1 saturated heterocycles. The van der Waals surface area contributed by atoms with Crippen LogP contribution < -0.4 is 15.5 Å².